The number of ether oxygens (including phenoxy) is 7. The highest BCUT2D eigenvalue weighted by Gasteiger charge is 2.45. The van der Waals surface area contributed by atoms with Gasteiger partial charge in [0.05, 0.1) is 45.6 Å². The lowest BCUT2D eigenvalue weighted by Gasteiger charge is -2.42. The Morgan fingerprint density at radius 2 is 0.472 bits per heavy atom. The van der Waals surface area contributed by atoms with Crippen LogP contribution in [0.15, 0.2) is 121 Å². The number of fused-ring (bicyclic) bond motifs is 3. The Morgan fingerprint density at radius 3 is 0.715 bits per heavy atom. The van der Waals surface area contributed by atoms with Crippen molar-refractivity contribution in [1.29, 1.82) is 0 Å². The Labute approximate surface area is 894 Å². The predicted octanol–water partition coefficient (Wildman–Crippen LogP) is 37.0. The maximum absolute atomic E-state index is 13.2. The third-order valence-corrected chi connectivity index (χ3v) is 33.7. The summed E-state index contributed by atoms with van der Waals surface area (Å²) >= 11 is 0. The van der Waals surface area contributed by atoms with E-state index in [-0.39, 0.29) is 205 Å². The molecule has 24 atom stereocenters. The van der Waals surface area contributed by atoms with Crippen LogP contribution in [0.5, 0.6) is 0 Å². The largest absolute Gasteiger partial charge is 0.462 e. The van der Waals surface area contributed by atoms with Gasteiger partial charge in [0.15, 0.2) is 0 Å². The third kappa shape index (κ3) is 42.4. The summed E-state index contributed by atoms with van der Waals surface area (Å²) in [6.07, 6.45) is 23.3. The molecule has 0 heterocycles. The van der Waals surface area contributed by atoms with Crippen molar-refractivity contribution in [2.24, 2.45) is 136 Å². The first kappa shape index (κ1) is 159. The SMILES string of the molecule is C.C.C.C.C.C.C.C.C.C.C.C.C.C.C.C.C.C.C=C(C)C(=O)OCCC1CCC(Cc2ccc(CC3CCC(CCOC(=O)C(=C)C)C(C)C3C)c(C)c2C)C(C)C1C.C=C(C)C(=O)OCCC1CCC(Cc2ccc3c(c2)C(C)(C)c2cc(CC4CCC(CCOC(=O)C(=C)C)C(C)C4C)ccc2-3)C(C)C1C.C=C(C)C(=O)OCCC1CCC(OC(=O)C2CCC(CCOC(=O)C(=C)C)C(C)C2C)C(C)C1C. The molecule has 0 aliphatic heterocycles. The molecule has 0 bridgehead atoms. The predicted molar refractivity (Wildman–Crippen MR) is 632 cm³/mol. The number of carbonyl (C=O) groups excluding carboxylic acids is 7. The zero-order chi connectivity index (χ0) is 93.0. The van der Waals surface area contributed by atoms with Crippen molar-refractivity contribution in [2.75, 3.05) is 39.6 Å². The van der Waals surface area contributed by atoms with Crippen LogP contribution in [0.2, 0.25) is 0 Å². The number of carbonyl (C=O) groups is 7. The van der Waals surface area contributed by atoms with Crippen molar-refractivity contribution in [3.63, 3.8) is 0 Å². The maximum Gasteiger partial charge on any atom is 0.333 e. The number of hydrogen-bond donors (Lipinski definition) is 0. The average Bonchev–Trinajstić information content (AvgIpc) is 1.57. The van der Waals surface area contributed by atoms with Crippen molar-refractivity contribution in [1.82, 2.24) is 0 Å². The minimum Gasteiger partial charge on any atom is -0.462 e. The van der Waals surface area contributed by atoms with Crippen molar-refractivity contribution in [3.8, 4) is 11.1 Å². The molecular formula is C130H238O14. The zero-order valence-corrected chi connectivity index (χ0v) is 82.2. The second kappa shape index (κ2) is 73.5. The second-order valence-corrected chi connectivity index (χ2v) is 42.0. The summed E-state index contributed by atoms with van der Waals surface area (Å²) in [7, 11) is 0. The van der Waals surface area contributed by atoms with Crippen LogP contribution >= 0.6 is 0 Å². The maximum atomic E-state index is 13.2. The van der Waals surface area contributed by atoms with Gasteiger partial charge in [0.2, 0.25) is 0 Å². The van der Waals surface area contributed by atoms with Crippen LogP contribution in [0.1, 0.15) is 432 Å². The minimum atomic E-state index is -0.339. The molecule has 0 radical (unpaired) electrons. The molecule has 7 aliphatic carbocycles. The fraction of sp³-hybridized carbons (Fsp3) is 0.715. The Balaban J connectivity index is -0.000000195. The van der Waals surface area contributed by atoms with E-state index in [2.05, 4.69) is 199 Å². The molecule has 6 fully saturated rings. The molecule has 0 aromatic heterocycles. The van der Waals surface area contributed by atoms with E-state index in [0.717, 1.165) is 89.9 Å². The molecule has 0 spiro atoms. The molecule has 10 rings (SSSR count). The molecule has 3 aromatic rings. The van der Waals surface area contributed by atoms with Crippen molar-refractivity contribution < 1.29 is 66.7 Å². The van der Waals surface area contributed by atoms with Gasteiger partial charge in [-0.2, -0.15) is 0 Å². The molecule has 842 valence electrons. The van der Waals surface area contributed by atoms with Crippen molar-refractivity contribution >= 4 is 41.8 Å². The average molecular weight is 2030 g/mol. The van der Waals surface area contributed by atoms with Gasteiger partial charge in [-0.05, 0) is 382 Å². The molecule has 14 nitrogen and oxygen atoms in total. The summed E-state index contributed by atoms with van der Waals surface area (Å²) in [6.45, 7) is 72.5. The fourth-order valence-electron chi connectivity index (χ4n) is 23.2. The van der Waals surface area contributed by atoms with E-state index in [1.54, 1.807) is 41.5 Å². The van der Waals surface area contributed by atoms with Crippen LogP contribution in [0.4, 0.5) is 0 Å². The highest BCUT2D eigenvalue weighted by atomic mass is 16.6. The van der Waals surface area contributed by atoms with E-state index in [1.807, 2.05) is 0 Å². The zero-order valence-electron chi connectivity index (χ0n) is 82.2. The monoisotopic (exact) mass is 2020 g/mol. The molecule has 3 aromatic carbocycles. The normalized spacial score (nSPS) is 26.3. The molecular weight excluding hydrogens is 1790 g/mol. The molecule has 14 heteroatoms. The number of benzene rings is 3. The molecule has 0 N–H and O–H groups in total. The lowest BCUT2D eigenvalue weighted by Crippen LogP contribution is -2.42. The van der Waals surface area contributed by atoms with Gasteiger partial charge in [-0.1, -0.05) is 319 Å². The van der Waals surface area contributed by atoms with Gasteiger partial charge in [0, 0.05) is 38.9 Å². The van der Waals surface area contributed by atoms with Gasteiger partial charge in [-0.15, -0.1) is 0 Å². The first-order valence-corrected chi connectivity index (χ1v) is 48.9. The molecule has 0 saturated heterocycles. The summed E-state index contributed by atoms with van der Waals surface area (Å²) in [5.74, 6) is 10.5. The standard InChI is InChI=1S/C45H62O4.C38H58O4.C29H46O6.18CH4/c1-27(2)43(46)48-21-19-35-13-15-37(31(7)29(35)5)23-33-11-17-39-40-18-12-34(26-42(40)45(9,10)41(39)25-33)24-38-16-14-36(30(6)32(38)8)20-22-49-44(47)28(3)4;1-23(2)37(39)41-19-17-31-11-13-33(27(7)25(31)5)21-35-15-16-36(30(10)29(35)9)22-34-14-12-32(26(6)28(34)8)18-20-42-38(40)24(3)4;1-17(2)27(30)33-15-13-23-9-11-25(21(7)19(23)5)29(32)35-26-12-10-24(20(6)22(26)8)14-16-34-28(31)18(3)4;;;;;;;;;;;;;;;;;;/h11-12,17-18,25-26,29-32,35-38H,1,3,13-16,19-24H2,2,4-10H3;15-16,25-28,31-34H,1,3,11-14,17-22H2,2,4-10H3;19-26H,1,3,9-16H2,2,4-8H3;18*1H4. The van der Waals surface area contributed by atoms with E-state index >= 15 is 0 Å². The lowest BCUT2D eigenvalue weighted by molar-refractivity contribution is -0.166. The number of rotatable bonds is 34. The number of esters is 7. The topological polar surface area (TPSA) is 184 Å². The van der Waals surface area contributed by atoms with E-state index in [9.17, 15) is 33.6 Å². The molecule has 0 amide bonds. The first-order valence-electron chi connectivity index (χ1n) is 48.9. The Morgan fingerprint density at radius 1 is 0.271 bits per heavy atom. The second-order valence-electron chi connectivity index (χ2n) is 42.0. The van der Waals surface area contributed by atoms with E-state index in [0.29, 0.717) is 191 Å². The van der Waals surface area contributed by atoms with Crippen LogP contribution in [0.25, 0.3) is 11.1 Å². The van der Waals surface area contributed by atoms with Crippen LogP contribution in [0, 0.1) is 150 Å². The van der Waals surface area contributed by atoms with E-state index in [4.69, 9.17) is 33.2 Å². The molecule has 24 unspecified atom stereocenters. The van der Waals surface area contributed by atoms with Gasteiger partial charge in [-0.25, -0.2) is 28.8 Å². The van der Waals surface area contributed by atoms with Gasteiger partial charge in [-0.3, -0.25) is 4.79 Å². The summed E-state index contributed by atoms with van der Waals surface area (Å²) in [4.78, 5) is 83.6. The summed E-state index contributed by atoms with van der Waals surface area (Å²) in [5, 5.41) is 0. The highest BCUT2D eigenvalue weighted by Crippen LogP contribution is 2.53. The van der Waals surface area contributed by atoms with Crippen molar-refractivity contribution in [3.05, 3.63) is 166 Å². The minimum absolute atomic E-state index is 0. The van der Waals surface area contributed by atoms with Crippen LogP contribution < -0.4 is 0 Å². The van der Waals surface area contributed by atoms with Crippen LogP contribution in [-0.2, 0) is 97.8 Å². The van der Waals surface area contributed by atoms with Gasteiger partial charge in [0.1, 0.15) is 6.10 Å². The van der Waals surface area contributed by atoms with Gasteiger partial charge >= 0.3 is 41.8 Å². The Bertz CT molecular complexity index is 4080. The molecule has 6 saturated carbocycles. The van der Waals surface area contributed by atoms with Crippen molar-refractivity contribution in [2.45, 2.75) is 439 Å². The Hall–Kier alpha value is -7.61. The molecule has 144 heavy (non-hydrogen) atoms. The fourth-order valence-corrected chi connectivity index (χ4v) is 23.2. The first-order chi connectivity index (χ1) is 59.4. The van der Waals surface area contributed by atoms with Crippen LogP contribution in [0.3, 0.4) is 0 Å². The highest BCUT2D eigenvalue weighted by molar-refractivity contribution is 5.89. The van der Waals surface area contributed by atoms with Crippen LogP contribution in [-0.4, -0.2) is 87.5 Å². The van der Waals surface area contributed by atoms with Gasteiger partial charge in [0.25, 0.3) is 0 Å². The summed E-state index contributed by atoms with van der Waals surface area (Å²) < 4.78 is 38.3. The molecule has 7 aliphatic rings. The Kier molecular flexibility index (Phi) is 81.2. The third-order valence-electron chi connectivity index (χ3n) is 33.7. The van der Waals surface area contributed by atoms with E-state index in [1.165, 1.54) is 107 Å². The summed E-state index contributed by atoms with van der Waals surface area (Å²) in [6, 6.07) is 19.5. The smallest absolute Gasteiger partial charge is 0.333 e. The summed E-state index contributed by atoms with van der Waals surface area (Å²) in [5.41, 5.74) is 17.4. The lowest BCUT2D eigenvalue weighted by atomic mass is 9.65. The quantitative estimate of drug-likeness (QED) is 0.0312. The van der Waals surface area contributed by atoms with Gasteiger partial charge < -0.3 is 33.2 Å². The number of hydrogen-bond acceptors (Lipinski definition) is 14. The van der Waals surface area contributed by atoms with E-state index < -0.39 is 0 Å².